The van der Waals surface area contributed by atoms with Crippen molar-refractivity contribution >= 4 is 5.91 Å². The van der Waals surface area contributed by atoms with Gasteiger partial charge in [0.25, 0.3) is 5.91 Å². The molecule has 3 nitrogen and oxygen atoms in total. The van der Waals surface area contributed by atoms with Crippen LogP contribution in [-0.4, -0.2) is 25.5 Å². The van der Waals surface area contributed by atoms with E-state index in [4.69, 9.17) is 0 Å². The maximum Gasteiger partial charge on any atom is 0.275 e. The Bertz CT molecular complexity index is 648. The van der Waals surface area contributed by atoms with Crippen LogP contribution in [0.2, 0.25) is 0 Å². The number of carbonyl (C=O) groups is 1. The van der Waals surface area contributed by atoms with Crippen LogP contribution in [0.15, 0.2) is 60.7 Å². The van der Waals surface area contributed by atoms with Crippen molar-refractivity contribution < 1.29 is 9.69 Å². The molecule has 132 valence electrons. The van der Waals surface area contributed by atoms with Gasteiger partial charge in [-0.25, -0.2) is 0 Å². The second-order valence-corrected chi connectivity index (χ2v) is 7.33. The minimum Gasteiger partial charge on any atom is -0.344 e. The van der Waals surface area contributed by atoms with Gasteiger partial charge in [-0.3, -0.25) is 4.79 Å². The van der Waals surface area contributed by atoms with Gasteiger partial charge in [0.2, 0.25) is 0 Å². The summed E-state index contributed by atoms with van der Waals surface area (Å²) in [7, 11) is 0. The minimum atomic E-state index is 0.0271. The fourth-order valence-corrected chi connectivity index (χ4v) is 3.61. The summed E-state index contributed by atoms with van der Waals surface area (Å²) in [5.74, 6) is 0.969. The summed E-state index contributed by atoms with van der Waals surface area (Å²) in [4.78, 5) is 14.1. The maximum absolute atomic E-state index is 12.6. The number of benzene rings is 2. The number of hydrogen-bond donors (Lipinski definition) is 2. The van der Waals surface area contributed by atoms with Crippen molar-refractivity contribution in [2.45, 2.75) is 32.2 Å². The zero-order valence-electron chi connectivity index (χ0n) is 15.1. The number of piperidine rings is 1. The average molecular weight is 337 g/mol. The zero-order chi connectivity index (χ0) is 17.5. The number of quaternary nitrogens is 1. The summed E-state index contributed by atoms with van der Waals surface area (Å²) in [5.41, 5.74) is 2.41. The molecule has 0 bridgehead atoms. The van der Waals surface area contributed by atoms with Gasteiger partial charge in [-0.05, 0) is 36.3 Å². The van der Waals surface area contributed by atoms with Gasteiger partial charge in [-0.1, -0.05) is 67.6 Å². The number of rotatable bonds is 6. The molecule has 2 aromatic rings. The molecule has 1 fully saturated rings. The molecule has 25 heavy (non-hydrogen) atoms. The van der Waals surface area contributed by atoms with Crippen LogP contribution in [0.3, 0.4) is 0 Å². The first kappa shape index (κ1) is 17.7. The van der Waals surface area contributed by atoms with Crippen LogP contribution in [0.4, 0.5) is 0 Å². The highest BCUT2D eigenvalue weighted by Crippen LogP contribution is 2.18. The summed E-state index contributed by atoms with van der Waals surface area (Å²) in [6.07, 6.45) is 3.28. The highest BCUT2D eigenvalue weighted by atomic mass is 16.2. The molecule has 1 saturated heterocycles. The lowest BCUT2D eigenvalue weighted by Gasteiger charge is -2.27. The lowest BCUT2D eigenvalue weighted by atomic mass is 9.98. The predicted molar refractivity (Wildman–Crippen MR) is 101 cm³/mol. The van der Waals surface area contributed by atoms with Crippen molar-refractivity contribution in [2.75, 3.05) is 19.6 Å². The molecule has 0 aliphatic carbocycles. The molecule has 0 spiro atoms. The Morgan fingerprint density at radius 3 is 2.28 bits per heavy atom. The number of amides is 1. The van der Waals surface area contributed by atoms with E-state index < -0.39 is 0 Å². The Morgan fingerprint density at radius 1 is 1.04 bits per heavy atom. The summed E-state index contributed by atoms with van der Waals surface area (Å²) < 4.78 is 0. The van der Waals surface area contributed by atoms with Crippen LogP contribution in [-0.2, 0) is 11.2 Å². The third-order valence-corrected chi connectivity index (χ3v) is 5.21. The van der Waals surface area contributed by atoms with Crippen LogP contribution in [0.5, 0.6) is 0 Å². The Hall–Kier alpha value is -2.13. The van der Waals surface area contributed by atoms with E-state index in [-0.39, 0.29) is 11.9 Å². The van der Waals surface area contributed by atoms with Crippen molar-refractivity contribution in [3.05, 3.63) is 71.8 Å². The lowest BCUT2D eigenvalue weighted by molar-refractivity contribution is -0.898. The molecular weight excluding hydrogens is 308 g/mol. The van der Waals surface area contributed by atoms with Gasteiger partial charge in [-0.2, -0.15) is 0 Å². The molecule has 0 unspecified atom stereocenters. The highest BCUT2D eigenvalue weighted by molar-refractivity contribution is 5.77. The van der Waals surface area contributed by atoms with E-state index in [2.05, 4.69) is 48.6 Å². The van der Waals surface area contributed by atoms with Gasteiger partial charge in [0.05, 0.1) is 19.1 Å². The number of carbonyl (C=O) groups excluding carboxylic acids is 1. The number of likely N-dealkylation sites (tertiary alicyclic amines) is 1. The van der Waals surface area contributed by atoms with Crippen LogP contribution >= 0.6 is 0 Å². The van der Waals surface area contributed by atoms with E-state index in [0.29, 0.717) is 6.54 Å². The molecule has 1 heterocycles. The van der Waals surface area contributed by atoms with E-state index in [1.165, 1.54) is 28.9 Å². The van der Waals surface area contributed by atoms with E-state index in [1.54, 1.807) is 0 Å². The molecule has 0 saturated carbocycles. The first-order valence-corrected chi connectivity index (χ1v) is 9.42. The van der Waals surface area contributed by atoms with Crippen LogP contribution in [0, 0.1) is 5.92 Å². The van der Waals surface area contributed by atoms with Crippen molar-refractivity contribution in [3.8, 4) is 0 Å². The first-order chi connectivity index (χ1) is 12.2. The minimum absolute atomic E-state index is 0.0271. The molecule has 1 amide bonds. The third kappa shape index (κ3) is 5.43. The second kappa shape index (κ2) is 8.82. The Kier molecular flexibility index (Phi) is 6.24. The van der Waals surface area contributed by atoms with Gasteiger partial charge >= 0.3 is 0 Å². The normalized spacial score (nSPS) is 21.5. The molecule has 3 heteroatoms. The number of hydrogen-bond acceptors (Lipinski definition) is 1. The van der Waals surface area contributed by atoms with Gasteiger partial charge in [0.1, 0.15) is 0 Å². The van der Waals surface area contributed by atoms with Crippen molar-refractivity contribution in [1.29, 1.82) is 0 Å². The average Bonchev–Trinajstić information content (AvgIpc) is 2.65. The van der Waals surface area contributed by atoms with Crippen molar-refractivity contribution in [1.82, 2.24) is 5.32 Å². The summed E-state index contributed by atoms with van der Waals surface area (Å²) in [5, 5.41) is 3.28. The first-order valence-electron chi connectivity index (χ1n) is 9.42. The number of nitrogens with one attached hydrogen (secondary N) is 2. The van der Waals surface area contributed by atoms with E-state index >= 15 is 0 Å². The topological polar surface area (TPSA) is 33.5 Å². The predicted octanol–water partition coefficient (Wildman–Crippen LogP) is 2.40. The third-order valence-electron chi connectivity index (χ3n) is 5.21. The molecular formula is C22H29N2O+. The SMILES string of the molecule is CC1CC[NH+](CC(=O)N[C@@H](Cc2ccccc2)c2ccccc2)CC1. The second-order valence-electron chi connectivity index (χ2n) is 7.33. The maximum atomic E-state index is 12.6. The van der Waals surface area contributed by atoms with Gasteiger partial charge < -0.3 is 10.2 Å². The van der Waals surface area contributed by atoms with Gasteiger partial charge in [0, 0.05) is 0 Å². The van der Waals surface area contributed by atoms with E-state index in [9.17, 15) is 4.79 Å². The van der Waals surface area contributed by atoms with Crippen molar-refractivity contribution in [2.24, 2.45) is 5.92 Å². The fraction of sp³-hybridized carbons (Fsp3) is 0.409. The van der Waals surface area contributed by atoms with Crippen LogP contribution in [0.1, 0.15) is 36.9 Å². The fourth-order valence-electron chi connectivity index (χ4n) is 3.61. The quantitative estimate of drug-likeness (QED) is 0.834. The standard InChI is InChI=1S/C22H28N2O/c1-18-12-14-24(15-13-18)17-22(25)23-21(20-10-6-3-7-11-20)16-19-8-4-2-5-9-19/h2-11,18,21H,12-17H2,1H3,(H,23,25)/p+1/t21-/m0/s1. The molecule has 1 atom stereocenters. The highest BCUT2D eigenvalue weighted by Gasteiger charge is 2.23. The zero-order valence-corrected chi connectivity index (χ0v) is 15.1. The smallest absolute Gasteiger partial charge is 0.275 e. The van der Waals surface area contributed by atoms with Gasteiger partial charge in [0.15, 0.2) is 6.54 Å². The van der Waals surface area contributed by atoms with Crippen molar-refractivity contribution in [3.63, 3.8) is 0 Å². The molecule has 0 radical (unpaired) electrons. The summed E-state index contributed by atoms with van der Waals surface area (Å²) in [6.45, 7) is 5.12. The Balaban J connectivity index is 1.64. The molecule has 2 aromatic carbocycles. The Labute approximate surface area is 151 Å². The largest absolute Gasteiger partial charge is 0.344 e. The lowest BCUT2D eigenvalue weighted by Crippen LogP contribution is -3.14. The molecule has 1 aliphatic heterocycles. The Morgan fingerprint density at radius 2 is 1.64 bits per heavy atom. The molecule has 2 N–H and O–H groups in total. The molecule has 1 aliphatic rings. The van der Waals surface area contributed by atoms with Gasteiger partial charge in [-0.15, -0.1) is 0 Å². The molecule has 0 aromatic heterocycles. The summed E-state index contributed by atoms with van der Waals surface area (Å²) in [6, 6.07) is 20.7. The van der Waals surface area contributed by atoms with E-state index in [0.717, 1.165) is 25.4 Å². The molecule has 3 rings (SSSR count). The summed E-state index contributed by atoms with van der Waals surface area (Å²) >= 11 is 0. The van der Waals surface area contributed by atoms with Crippen LogP contribution in [0.25, 0.3) is 0 Å². The van der Waals surface area contributed by atoms with E-state index in [1.807, 2.05) is 24.3 Å². The monoisotopic (exact) mass is 337 g/mol. The van der Waals surface area contributed by atoms with Crippen LogP contribution < -0.4 is 10.2 Å².